The van der Waals surface area contributed by atoms with Crippen molar-refractivity contribution in [2.75, 3.05) is 13.6 Å². The molecule has 6 nitrogen and oxygen atoms in total. The highest BCUT2D eigenvalue weighted by Gasteiger charge is 2.10. The first-order chi connectivity index (χ1) is 12.0. The van der Waals surface area contributed by atoms with Crippen molar-refractivity contribution in [2.45, 2.75) is 33.2 Å². The van der Waals surface area contributed by atoms with Gasteiger partial charge >= 0.3 is 6.03 Å². The number of aromatic nitrogens is 2. The Morgan fingerprint density at radius 2 is 2.16 bits per heavy atom. The Morgan fingerprint density at radius 3 is 2.92 bits per heavy atom. The van der Waals surface area contributed by atoms with Gasteiger partial charge in [-0.3, -0.25) is 0 Å². The molecule has 0 radical (unpaired) electrons. The van der Waals surface area contributed by atoms with Gasteiger partial charge < -0.3 is 19.6 Å². The molecule has 0 aliphatic heterocycles. The second kappa shape index (κ2) is 7.42. The fourth-order valence-corrected chi connectivity index (χ4v) is 2.80. The first-order valence-electron chi connectivity index (χ1n) is 8.49. The molecule has 2 aromatic heterocycles. The van der Waals surface area contributed by atoms with Crippen molar-refractivity contribution >= 4 is 17.1 Å². The molecule has 0 aliphatic carbocycles. The Kier molecular flexibility index (Phi) is 5.07. The number of furan rings is 1. The zero-order valence-electron chi connectivity index (χ0n) is 14.9. The van der Waals surface area contributed by atoms with Crippen LogP contribution in [0.4, 0.5) is 4.79 Å². The average Bonchev–Trinajstić information content (AvgIpc) is 3.24. The van der Waals surface area contributed by atoms with Crippen LogP contribution in [0.3, 0.4) is 0 Å². The average molecular weight is 340 g/mol. The first-order valence-corrected chi connectivity index (χ1v) is 8.49. The smallest absolute Gasteiger partial charge is 0.317 e. The summed E-state index contributed by atoms with van der Waals surface area (Å²) in [5.74, 6) is 0.963. The summed E-state index contributed by atoms with van der Waals surface area (Å²) < 4.78 is 5.01. The first kappa shape index (κ1) is 17.1. The molecule has 3 aromatic rings. The number of nitrogens with one attached hydrogen (secondary N) is 2. The van der Waals surface area contributed by atoms with E-state index in [4.69, 9.17) is 4.42 Å². The van der Waals surface area contributed by atoms with E-state index in [0.717, 1.165) is 35.3 Å². The molecule has 0 fully saturated rings. The fourth-order valence-electron chi connectivity index (χ4n) is 2.80. The number of rotatable bonds is 6. The van der Waals surface area contributed by atoms with Crippen molar-refractivity contribution in [3.05, 3.63) is 53.2 Å². The van der Waals surface area contributed by atoms with Gasteiger partial charge in [0.2, 0.25) is 0 Å². The van der Waals surface area contributed by atoms with Crippen molar-refractivity contribution in [1.29, 1.82) is 0 Å². The molecule has 0 bridgehead atoms. The molecule has 2 amide bonds. The maximum atomic E-state index is 12.1. The van der Waals surface area contributed by atoms with Crippen molar-refractivity contribution in [3.8, 4) is 0 Å². The Labute approximate surface area is 147 Å². The van der Waals surface area contributed by atoms with Gasteiger partial charge in [-0.15, -0.1) is 0 Å². The van der Waals surface area contributed by atoms with Gasteiger partial charge in [0.15, 0.2) is 0 Å². The van der Waals surface area contributed by atoms with E-state index in [2.05, 4.69) is 41.3 Å². The van der Waals surface area contributed by atoms with Gasteiger partial charge in [-0.1, -0.05) is 6.07 Å². The number of imidazole rings is 1. The highest BCUT2D eigenvalue weighted by atomic mass is 16.3. The van der Waals surface area contributed by atoms with Crippen molar-refractivity contribution < 1.29 is 9.21 Å². The maximum Gasteiger partial charge on any atom is 0.317 e. The molecular formula is C19H24N4O2. The molecule has 0 atom stereocenters. The molecule has 0 saturated carbocycles. The van der Waals surface area contributed by atoms with Crippen LogP contribution >= 0.6 is 0 Å². The summed E-state index contributed by atoms with van der Waals surface area (Å²) in [7, 11) is 1.77. The molecule has 2 N–H and O–H groups in total. The number of urea groups is 1. The standard InChI is InChI=1S/C19H24N4O2/c1-13-6-7-16-18(14(13)2)22-17(21-16)5-4-9-20-19(24)23(3)11-15-8-10-25-12-15/h6-8,10,12H,4-5,9,11H2,1-3H3,(H,20,24)(H,21,22). The number of hydrogen-bond donors (Lipinski definition) is 2. The predicted molar refractivity (Wildman–Crippen MR) is 97.5 cm³/mol. The van der Waals surface area contributed by atoms with E-state index in [9.17, 15) is 4.79 Å². The van der Waals surface area contributed by atoms with E-state index in [-0.39, 0.29) is 6.03 Å². The lowest BCUT2D eigenvalue weighted by Gasteiger charge is -2.16. The molecule has 0 saturated heterocycles. The summed E-state index contributed by atoms with van der Waals surface area (Å²) in [5, 5.41) is 2.93. The third-order valence-electron chi connectivity index (χ3n) is 4.44. The number of hydrogen-bond acceptors (Lipinski definition) is 3. The molecule has 3 rings (SSSR count). The Hall–Kier alpha value is -2.76. The lowest BCUT2D eigenvalue weighted by atomic mass is 10.1. The Morgan fingerprint density at radius 1 is 1.32 bits per heavy atom. The van der Waals surface area contributed by atoms with Crippen molar-refractivity contribution in [3.63, 3.8) is 0 Å². The van der Waals surface area contributed by atoms with Gasteiger partial charge in [0.25, 0.3) is 0 Å². The maximum absolute atomic E-state index is 12.1. The van der Waals surface area contributed by atoms with Gasteiger partial charge in [0.1, 0.15) is 5.82 Å². The van der Waals surface area contributed by atoms with Crippen LogP contribution in [0, 0.1) is 13.8 Å². The quantitative estimate of drug-likeness (QED) is 0.674. The molecular weight excluding hydrogens is 316 g/mol. The van der Waals surface area contributed by atoms with E-state index in [1.807, 2.05) is 6.07 Å². The van der Waals surface area contributed by atoms with Gasteiger partial charge in [0.05, 0.1) is 30.1 Å². The number of carbonyl (C=O) groups is 1. The second-order valence-electron chi connectivity index (χ2n) is 6.41. The van der Waals surface area contributed by atoms with Crippen LogP contribution in [0.25, 0.3) is 11.0 Å². The van der Waals surface area contributed by atoms with Crippen LogP contribution in [0.15, 0.2) is 35.1 Å². The summed E-state index contributed by atoms with van der Waals surface area (Å²) in [5.41, 5.74) is 5.55. The number of amides is 2. The Balaban J connectivity index is 1.46. The van der Waals surface area contributed by atoms with Crippen LogP contribution in [-0.2, 0) is 13.0 Å². The SMILES string of the molecule is Cc1ccc2[nH]c(CCCNC(=O)N(C)Cc3ccoc3)nc2c1C. The third-order valence-corrected chi connectivity index (χ3v) is 4.44. The highest BCUT2D eigenvalue weighted by Crippen LogP contribution is 2.19. The molecule has 132 valence electrons. The topological polar surface area (TPSA) is 74.2 Å². The normalized spacial score (nSPS) is 11.0. The van der Waals surface area contributed by atoms with Crippen molar-refractivity contribution in [1.82, 2.24) is 20.2 Å². The van der Waals surface area contributed by atoms with Crippen LogP contribution in [0.1, 0.15) is 28.9 Å². The van der Waals surface area contributed by atoms with E-state index in [1.165, 1.54) is 11.1 Å². The largest absolute Gasteiger partial charge is 0.472 e. The van der Waals surface area contributed by atoms with E-state index in [1.54, 1.807) is 24.5 Å². The lowest BCUT2D eigenvalue weighted by molar-refractivity contribution is 0.206. The number of fused-ring (bicyclic) bond motifs is 1. The van der Waals surface area contributed by atoms with Gasteiger partial charge in [-0.05, 0) is 43.5 Å². The summed E-state index contributed by atoms with van der Waals surface area (Å²) in [6.07, 6.45) is 4.90. The van der Waals surface area contributed by atoms with Crippen LogP contribution in [-0.4, -0.2) is 34.5 Å². The second-order valence-corrected chi connectivity index (χ2v) is 6.41. The van der Waals surface area contributed by atoms with Crippen LogP contribution < -0.4 is 5.32 Å². The molecule has 2 heterocycles. The van der Waals surface area contributed by atoms with E-state index >= 15 is 0 Å². The third kappa shape index (κ3) is 4.02. The number of carbonyl (C=O) groups excluding carboxylic acids is 1. The summed E-state index contributed by atoms with van der Waals surface area (Å²) in [6, 6.07) is 5.95. The van der Waals surface area contributed by atoms with Gasteiger partial charge in [0, 0.05) is 25.6 Å². The molecule has 25 heavy (non-hydrogen) atoms. The predicted octanol–water partition coefficient (Wildman–Crippen LogP) is 3.55. The summed E-state index contributed by atoms with van der Waals surface area (Å²) >= 11 is 0. The summed E-state index contributed by atoms with van der Waals surface area (Å²) in [6.45, 7) is 5.34. The minimum absolute atomic E-state index is 0.0859. The number of aryl methyl sites for hydroxylation is 3. The van der Waals surface area contributed by atoms with E-state index in [0.29, 0.717) is 13.1 Å². The fraction of sp³-hybridized carbons (Fsp3) is 0.368. The van der Waals surface area contributed by atoms with Crippen molar-refractivity contribution in [2.24, 2.45) is 0 Å². The molecule has 0 unspecified atom stereocenters. The number of aromatic amines is 1. The molecule has 1 aromatic carbocycles. The van der Waals surface area contributed by atoms with Gasteiger partial charge in [-0.2, -0.15) is 0 Å². The van der Waals surface area contributed by atoms with E-state index < -0.39 is 0 Å². The Bertz CT molecular complexity index is 852. The number of H-pyrrole nitrogens is 1. The lowest BCUT2D eigenvalue weighted by Crippen LogP contribution is -2.37. The summed E-state index contributed by atoms with van der Waals surface area (Å²) in [4.78, 5) is 21.7. The molecule has 6 heteroatoms. The minimum atomic E-state index is -0.0859. The molecule has 0 spiro atoms. The van der Waals surface area contributed by atoms with Crippen LogP contribution in [0.2, 0.25) is 0 Å². The monoisotopic (exact) mass is 340 g/mol. The minimum Gasteiger partial charge on any atom is -0.472 e. The number of benzene rings is 1. The highest BCUT2D eigenvalue weighted by molar-refractivity contribution is 5.79. The molecule has 0 aliphatic rings. The van der Waals surface area contributed by atoms with Gasteiger partial charge in [-0.25, -0.2) is 9.78 Å². The zero-order valence-corrected chi connectivity index (χ0v) is 14.9. The van der Waals surface area contributed by atoms with Crippen LogP contribution in [0.5, 0.6) is 0 Å². The number of nitrogens with zero attached hydrogens (tertiary/aromatic N) is 2. The zero-order chi connectivity index (χ0) is 17.8.